The van der Waals surface area contributed by atoms with Gasteiger partial charge in [-0.3, -0.25) is 9.59 Å². The molecule has 0 saturated carbocycles. The van der Waals surface area contributed by atoms with Crippen LogP contribution in [0.5, 0.6) is 0 Å². The SMILES string of the molecule is COCCN1C(=O)c2ccccc2[C@H](C(=O)Nc2ccc(Br)cc2C)[C@@H]1c1c[nH]c2ccccc12. The molecule has 178 valence electrons. The standard InChI is InChI=1S/C28H26BrN3O3/c1-17-15-18(29)11-12-23(17)31-27(33)25-20-8-3-4-9-21(20)28(34)32(13-14-35-2)26(25)22-16-30-24-10-6-5-7-19(22)24/h3-12,15-16,25-26,30H,13-14H2,1-2H3,(H,31,33)/t25-,26-/m0/s1. The van der Waals surface area contributed by atoms with Gasteiger partial charge in [-0.25, -0.2) is 0 Å². The fourth-order valence-corrected chi connectivity index (χ4v) is 5.45. The van der Waals surface area contributed by atoms with Crippen molar-refractivity contribution in [3.8, 4) is 0 Å². The number of fused-ring (bicyclic) bond motifs is 2. The van der Waals surface area contributed by atoms with E-state index in [0.29, 0.717) is 18.7 Å². The van der Waals surface area contributed by atoms with Crippen LogP contribution in [0.15, 0.2) is 77.4 Å². The van der Waals surface area contributed by atoms with Crippen molar-refractivity contribution < 1.29 is 14.3 Å². The highest BCUT2D eigenvalue weighted by molar-refractivity contribution is 9.10. The molecule has 0 unspecified atom stereocenters. The minimum atomic E-state index is -0.608. The van der Waals surface area contributed by atoms with E-state index in [-0.39, 0.29) is 11.8 Å². The number of rotatable bonds is 6. The maximum atomic E-state index is 14.0. The highest BCUT2D eigenvalue weighted by atomic mass is 79.9. The zero-order chi connectivity index (χ0) is 24.5. The lowest BCUT2D eigenvalue weighted by Crippen LogP contribution is -2.47. The number of nitrogens with zero attached hydrogens (tertiary/aromatic N) is 1. The molecule has 6 nitrogen and oxygen atoms in total. The molecule has 0 radical (unpaired) electrons. The van der Waals surface area contributed by atoms with E-state index < -0.39 is 12.0 Å². The van der Waals surface area contributed by atoms with E-state index in [0.717, 1.165) is 37.8 Å². The molecule has 0 bridgehead atoms. The summed E-state index contributed by atoms with van der Waals surface area (Å²) in [7, 11) is 1.61. The number of aromatic nitrogens is 1. The van der Waals surface area contributed by atoms with Crippen LogP contribution in [0.25, 0.3) is 10.9 Å². The van der Waals surface area contributed by atoms with Crippen molar-refractivity contribution in [2.45, 2.75) is 18.9 Å². The first-order valence-electron chi connectivity index (χ1n) is 11.5. The lowest BCUT2D eigenvalue weighted by Gasteiger charge is -2.41. The lowest BCUT2D eigenvalue weighted by molar-refractivity contribution is -0.119. The Balaban J connectivity index is 1.67. The van der Waals surface area contributed by atoms with Crippen molar-refractivity contribution in [3.05, 3.63) is 99.7 Å². The van der Waals surface area contributed by atoms with E-state index in [4.69, 9.17) is 4.74 Å². The number of methoxy groups -OCH3 is 1. The Morgan fingerprint density at radius 3 is 2.66 bits per heavy atom. The number of ether oxygens (including phenoxy) is 1. The van der Waals surface area contributed by atoms with Crippen LogP contribution < -0.4 is 5.32 Å². The van der Waals surface area contributed by atoms with E-state index in [2.05, 4.69) is 26.2 Å². The number of nitrogens with one attached hydrogen (secondary N) is 2. The summed E-state index contributed by atoms with van der Waals surface area (Å²) in [6, 6.07) is 20.6. The Hall–Kier alpha value is -3.42. The number of amides is 2. The molecular formula is C28H26BrN3O3. The number of carbonyl (C=O) groups is 2. The second-order valence-electron chi connectivity index (χ2n) is 8.74. The average Bonchev–Trinajstić information content (AvgIpc) is 3.29. The van der Waals surface area contributed by atoms with Gasteiger partial charge in [-0.05, 0) is 48.4 Å². The third kappa shape index (κ3) is 4.26. The monoisotopic (exact) mass is 531 g/mol. The Kier molecular flexibility index (Phi) is 6.45. The molecule has 1 aliphatic rings. The highest BCUT2D eigenvalue weighted by Gasteiger charge is 2.44. The van der Waals surface area contributed by atoms with Gasteiger partial charge in [-0.1, -0.05) is 52.3 Å². The van der Waals surface area contributed by atoms with Gasteiger partial charge < -0.3 is 19.9 Å². The molecule has 35 heavy (non-hydrogen) atoms. The number of aryl methyl sites for hydroxylation is 1. The van der Waals surface area contributed by atoms with E-state index >= 15 is 0 Å². The highest BCUT2D eigenvalue weighted by Crippen LogP contribution is 2.45. The second-order valence-corrected chi connectivity index (χ2v) is 9.65. The van der Waals surface area contributed by atoms with Gasteiger partial charge in [0.05, 0.1) is 18.6 Å². The predicted octanol–water partition coefficient (Wildman–Crippen LogP) is 5.80. The Bertz CT molecular complexity index is 1410. The van der Waals surface area contributed by atoms with Crippen LogP contribution in [0.1, 0.15) is 39.0 Å². The number of benzene rings is 3. The van der Waals surface area contributed by atoms with E-state index in [1.807, 2.05) is 73.8 Å². The van der Waals surface area contributed by atoms with Crippen LogP contribution in [-0.4, -0.2) is 42.0 Å². The Morgan fingerprint density at radius 2 is 1.86 bits per heavy atom. The Labute approximate surface area is 212 Å². The quantitative estimate of drug-likeness (QED) is 0.330. The first kappa shape index (κ1) is 23.3. The van der Waals surface area contributed by atoms with Crippen LogP contribution >= 0.6 is 15.9 Å². The topological polar surface area (TPSA) is 74.4 Å². The molecule has 2 atom stereocenters. The van der Waals surface area contributed by atoms with Gasteiger partial charge in [0.15, 0.2) is 0 Å². The summed E-state index contributed by atoms with van der Waals surface area (Å²) in [6.45, 7) is 2.70. The van der Waals surface area contributed by atoms with Crippen molar-refractivity contribution in [2.24, 2.45) is 0 Å². The number of halogens is 1. The molecule has 5 rings (SSSR count). The fraction of sp³-hybridized carbons (Fsp3) is 0.214. The maximum Gasteiger partial charge on any atom is 0.254 e. The first-order valence-corrected chi connectivity index (χ1v) is 12.3. The number of carbonyl (C=O) groups excluding carboxylic acids is 2. The summed E-state index contributed by atoms with van der Waals surface area (Å²) < 4.78 is 6.29. The molecule has 4 aromatic rings. The van der Waals surface area contributed by atoms with Crippen molar-refractivity contribution in [2.75, 3.05) is 25.6 Å². The molecule has 1 aromatic heterocycles. The van der Waals surface area contributed by atoms with Gasteiger partial charge in [0.25, 0.3) is 5.91 Å². The molecule has 1 aliphatic heterocycles. The minimum Gasteiger partial charge on any atom is -0.383 e. The van der Waals surface area contributed by atoms with Crippen LogP contribution in [0.2, 0.25) is 0 Å². The van der Waals surface area contributed by atoms with Crippen LogP contribution in [0, 0.1) is 6.92 Å². The zero-order valence-electron chi connectivity index (χ0n) is 19.5. The van der Waals surface area contributed by atoms with Crippen molar-refractivity contribution in [1.29, 1.82) is 0 Å². The van der Waals surface area contributed by atoms with Gasteiger partial charge in [0, 0.05) is 52.0 Å². The molecule has 0 saturated heterocycles. The minimum absolute atomic E-state index is 0.100. The molecular weight excluding hydrogens is 506 g/mol. The normalized spacial score (nSPS) is 17.5. The smallest absolute Gasteiger partial charge is 0.254 e. The van der Waals surface area contributed by atoms with E-state index in [1.165, 1.54) is 0 Å². The number of hydrogen-bond acceptors (Lipinski definition) is 3. The largest absolute Gasteiger partial charge is 0.383 e. The molecule has 0 spiro atoms. The van der Waals surface area contributed by atoms with Gasteiger partial charge >= 0.3 is 0 Å². The number of aromatic amines is 1. The van der Waals surface area contributed by atoms with Crippen LogP contribution in [-0.2, 0) is 9.53 Å². The molecule has 0 aliphatic carbocycles. The van der Waals surface area contributed by atoms with Crippen molar-refractivity contribution in [3.63, 3.8) is 0 Å². The number of para-hydroxylation sites is 1. The molecule has 2 N–H and O–H groups in total. The van der Waals surface area contributed by atoms with Crippen molar-refractivity contribution in [1.82, 2.24) is 9.88 Å². The summed E-state index contributed by atoms with van der Waals surface area (Å²) in [5.74, 6) is -0.868. The molecule has 3 aromatic carbocycles. The summed E-state index contributed by atoms with van der Waals surface area (Å²) in [4.78, 5) is 32.8. The van der Waals surface area contributed by atoms with Gasteiger partial charge in [-0.15, -0.1) is 0 Å². The van der Waals surface area contributed by atoms with Gasteiger partial charge in [0.1, 0.15) is 0 Å². The van der Waals surface area contributed by atoms with E-state index in [1.54, 1.807) is 18.1 Å². The molecule has 2 heterocycles. The number of hydrogen-bond donors (Lipinski definition) is 2. The van der Waals surface area contributed by atoms with Crippen LogP contribution in [0.3, 0.4) is 0 Å². The molecule has 2 amide bonds. The summed E-state index contributed by atoms with van der Waals surface area (Å²) >= 11 is 3.49. The maximum absolute atomic E-state index is 14.0. The predicted molar refractivity (Wildman–Crippen MR) is 141 cm³/mol. The Morgan fingerprint density at radius 1 is 1.09 bits per heavy atom. The lowest BCUT2D eigenvalue weighted by atomic mass is 9.79. The summed E-state index contributed by atoms with van der Waals surface area (Å²) in [6.07, 6.45) is 1.92. The zero-order valence-corrected chi connectivity index (χ0v) is 21.1. The third-order valence-electron chi connectivity index (χ3n) is 6.64. The average molecular weight is 532 g/mol. The second kappa shape index (κ2) is 9.68. The molecule has 7 heteroatoms. The van der Waals surface area contributed by atoms with Crippen LogP contribution in [0.4, 0.5) is 5.69 Å². The molecule has 0 fully saturated rings. The first-order chi connectivity index (χ1) is 17.0. The number of anilines is 1. The number of H-pyrrole nitrogens is 1. The van der Waals surface area contributed by atoms with Gasteiger partial charge in [0.2, 0.25) is 5.91 Å². The third-order valence-corrected chi connectivity index (χ3v) is 7.14. The van der Waals surface area contributed by atoms with Crippen molar-refractivity contribution >= 4 is 44.3 Å². The summed E-state index contributed by atoms with van der Waals surface area (Å²) in [5.41, 5.74) is 4.85. The van der Waals surface area contributed by atoms with E-state index in [9.17, 15) is 9.59 Å². The summed E-state index contributed by atoms with van der Waals surface area (Å²) in [5, 5.41) is 4.13. The fourth-order valence-electron chi connectivity index (χ4n) is 4.97. The van der Waals surface area contributed by atoms with Gasteiger partial charge in [-0.2, -0.15) is 0 Å².